The summed E-state index contributed by atoms with van der Waals surface area (Å²) in [5.41, 5.74) is 0.373. The molecule has 1 fully saturated rings. The Balaban J connectivity index is 1.68. The first kappa shape index (κ1) is 28.9. The van der Waals surface area contributed by atoms with Crippen LogP contribution in [-0.2, 0) is 27.4 Å². The lowest BCUT2D eigenvalue weighted by Gasteiger charge is -2.34. The number of carbonyl (C=O) groups is 2. The van der Waals surface area contributed by atoms with Gasteiger partial charge in [0.1, 0.15) is 31.3 Å². The molecule has 0 aromatic carbocycles. The second kappa shape index (κ2) is 13.2. The van der Waals surface area contributed by atoms with E-state index in [1.807, 2.05) is 0 Å². The molecule has 2 amide bonds. The summed E-state index contributed by atoms with van der Waals surface area (Å²) in [5, 5.41) is 10.3. The molecule has 204 valence electrons. The van der Waals surface area contributed by atoms with Crippen molar-refractivity contribution in [3.05, 3.63) is 40.8 Å². The number of nitrogens with zero attached hydrogens (tertiary/aromatic N) is 4. The van der Waals surface area contributed by atoms with Gasteiger partial charge in [0, 0.05) is 38.5 Å². The number of anilines is 1. The van der Waals surface area contributed by atoms with Crippen molar-refractivity contribution >= 4 is 29.2 Å². The fourth-order valence-electron chi connectivity index (χ4n) is 3.99. The lowest BCUT2D eigenvalue weighted by atomic mass is 10.0. The molecule has 0 spiro atoms. The number of hydrogen-bond donors (Lipinski definition) is 2. The average Bonchev–Trinajstić information content (AvgIpc) is 3.23. The Morgan fingerprint density at radius 2 is 1.97 bits per heavy atom. The number of likely N-dealkylation sites (tertiary alicyclic amines) is 1. The van der Waals surface area contributed by atoms with Gasteiger partial charge in [-0.1, -0.05) is 11.6 Å². The van der Waals surface area contributed by atoms with Crippen molar-refractivity contribution < 1.29 is 27.8 Å². The topological polar surface area (TPSA) is 111 Å². The van der Waals surface area contributed by atoms with Gasteiger partial charge < -0.3 is 25.0 Å². The minimum atomic E-state index is -3.16. The summed E-state index contributed by atoms with van der Waals surface area (Å²) in [4.78, 5) is 32.1. The van der Waals surface area contributed by atoms with Crippen LogP contribution in [0.3, 0.4) is 0 Å². The van der Waals surface area contributed by atoms with Gasteiger partial charge in [-0.05, 0) is 44.9 Å². The van der Waals surface area contributed by atoms with E-state index in [9.17, 15) is 18.4 Å². The van der Waals surface area contributed by atoms with Gasteiger partial charge in [-0.3, -0.25) is 14.3 Å². The van der Waals surface area contributed by atoms with E-state index in [1.165, 1.54) is 24.1 Å². The number of alkyl halides is 2. The van der Waals surface area contributed by atoms with E-state index in [0.29, 0.717) is 11.1 Å². The number of hydrogen-bond acceptors (Lipinski definition) is 7. The number of halogens is 3. The van der Waals surface area contributed by atoms with Crippen molar-refractivity contribution in [3.8, 4) is 0 Å². The van der Waals surface area contributed by atoms with Gasteiger partial charge >= 0.3 is 0 Å². The first-order valence-corrected chi connectivity index (χ1v) is 12.4. The molecule has 3 rings (SSSR count). The Bertz CT molecular complexity index is 1040. The van der Waals surface area contributed by atoms with Crippen molar-refractivity contribution in [2.24, 2.45) is 0 Å². The van der Waals surface area contributed by atoms with Crippen molar-refractivity contribution in [2.75, 3.05) is 38.7 Å². The van der Waals surface area contributed by atoms with E-state index in [0.717, 1.165) is 25.9 Å². The summed E-state index contributed by atoms with van der Waals surface area (Å²) in [7, 11) is 1.18. The SMILES string of the molecule is COCC(F)(F)COCc1cc(C(=O)NC2CCN(C(C)C)CC2)n(CC(=O)Nc2ccc(Cl)cn2)n1. The van der Waals surface area contributed by atoms with Crippen LogP contribution >= 0.6 is 11.6 Å². The number of piperidine rings is 1. The molecule has 2 aromatic rings. The number of carbonyl (C=O) groups excluding carboxylic acids is 2. The van der Waals surface area contributed by atoms with Gasteiger partial charge in [0.2, 0.25) is 5.91 Å². The predicted molar refractivity (Wildman–Crippen MR) is 134 cm³/mol. The van der Waals surface area contributed by atoms with Crippen LogP contribution in [0.2, 0.25) is 5.02 Å². The molecule has 0 radical (unpaired) electrons. The van der Waals surface area contributed by atoms with E-state index >= 15 is 0 Å². The van der Waals surface area contributed by atoms with Crippen molar-refractivity contribution in [2.45, 2.75) is 57.8 Å². The summed E-state index contributed by atoms with van der Waals surface area (Å²) in [6, 6.07) is 4.98. The number of ether oxygens (including phenoxy) is 2. The average molecular weight is 543 g/mol. The fraction of sp³-hybridized carbons (Fsp3) is 0.583. The molecule has 0 unspecified atom stereocenters. The zero-order valence-electron chi connectivity index (χ0n) is 21.2. The van der Waals surface area contributed by atoms with Crippen molar-refractivity contribution in [3.63, 3.8) is 0 Å². The minimum Gasteiger partial charge on any atom is -0.378 e. The maximum atomic E-state index is 13.7. The molecule has 0 bridgehead atoms. The zero-order chi connectivity index (χ0) is 27.0. The van der Waals surface area contributed by atoms with Gasteiger partial charge in [0.25, 0.3) is 11.8 Å². The molecular weight excluding hydrogens is 510 g/mol. The maximum Gasteiger partial charge on any atom is 0.293 e. The highest BCUT2D eigenvalue weighted by molar-refractivity contribution is 6.30. The molecule has 0 atom stereocenters. The Kier molecular flexibility index (Phi) is 10.3. The van der Waals surface area contributed by atoms with Crippen LogP contribution in [0.15, 0.2) is 24.4 Å². The summed E-state index contributed by atoms with van der Waals surface area (Å²) in [6.07, 6.45) is 2.99. The van der Waals surface area contributed by atoms with Crippen molar-refractivity contribution in [1.82, 2.24) is 25.0 Å². The summed E-state index contributed by atoms with van der Waals surface area (Å²) in [6.45, 7) is 3.81. The largest absolute Gasteiger partial charge is 0.378 e. The lowest BCUT2D eigenvalue weighted by Crippen LogP contribution is -2.47. The Morgan fingerprint density at radius 1 is 1.24 bits per heavy atom. The Hall–Kier alpha value is -2.67. The van der Waals surface area contributed by atoms with Crippen LogP contribution in [-0.4, -0.2) is 82.9 Å². The first-order chi connectivity index (χ1) is 17.6. The molecule has 10 nitrogen and oxygen atoms in total. The quantitative estimate of drug-likeness (QED) is 0.424. The molecule has 3 heterocycles. The van der Waals surface area contributed by atoms with E-state index in [2.05, 4.69) is 44.2 Å². The highest BCUT2D eigenvalue weighted by Crippen LogP contribution is 2.17. The number of nitrogens with one attached hydrogen (secondary N) is 2. The third-order valence-corrected chi connectivity index (χ3v) is 6.09. The van der Waals surface area contributed by atoms with Gasteiger partial charge in [0.05, 0.1) is 17.3 Å². The summed E-state index contributed by atoms with van der Waals surface area (Å²) >= 11 is 5.82. The molecule has 1 saturated heterocycles. The van der Waals surface area contributed by atoms with Crippen LogP contribution < -0.4 is 10.6 Å². The number of aromatic nitrogens is 3. The normalized spacial score (nSPS) is 15.2. The number of amides is 2. The highest BCUT2D eigenvalue weighted by atomic mass is 35.5. The molecule has 1 aliphatic heterocycles. The van der Waals surface area contributed by atoms with Gasteiger partial charge in [-0.15, -0.1) is 0 Å². The molecule has 2 N–H and O–H groups in total. The summed E-state index contributed by atoms with van der Waals surface area (Å²) < 4.78 is 38.2. The van der Waals surface area contributed by atoms with E-state index < -0.39 is 31.0 Å². The van der Waals surface area contributed by atoms with Gasteiger partial charge in [-0.2, -0.15) is 5.10 Å². The first-order valence-electron chi connectivity index (χ1n) is 12.0. The van der Waals surface area contributed by atoms with Crippen molar-refractivity contribution in [1.29, 1.82) is 0 Å². The third-order valence-electron chi connectivity index (χ3n) is 5.87. The Morgan fingerprint density at radius 3 is 2.59 bits per heavy atom. The molecular formula is C24H33ClF2N6O4. The lowest BCUT2D eigenvalue weighted by molar-refractivity contribution is -0.119. The van der Waals surface area contributed by atoms with Crippen LogP contribution in [0.4, 0.5) is 14.6 Å². The molecule has 1 aliphatic rings. The van der Waals surface area contributed by atoms with E-state index in [-0.39, 0.29) is 36.4 Å². The minimum absolute atomic E-state index is 0.0228. The Labute approximate surface area is 219 Å². The summed E-state index contributed by atoms with van der Waals surface area (Å²) in [5.74, 6) is -3.75. The second-order valence-electron chi connectivity index (χ2n) is 9.25. The monoisotopic (exact) mass is 542 g/mol. The standard InChI is InChI=1S/C24H33ClF2N6O4/c1-16(2)32-8-6-18(7-9-32)29-23(35)20-10-19(13-37-15-24(26,27)14-36-3)31-33(20)12-22(34)30-21-5-4-17(25)11-28-21/h4-5,10-11,16,18H,6-9,12-15H2,1-3H3,(H,29,35)(H,28,30,34). The molecule has 0 aliphatic carbocycles. The fourth-order valence-corrected chi connectivity index (χ4v) is 4.10. The van der Waals surface area contributed by atoms with Gasteiger partial charge in [0.15, 0.2) is 0 Å². The highest BCUT2D eigenvalue weighted by Gasteiger charge is 2.30. The van der Waals surface area contributed by atoms with E-state index in [4.69, 9.17) is 16.3 Å². The molecule has 0 saturated carbocycles. The number of rotatable bonds is 12. The van der Waals surface area contributed by atoms with Crippen LogP contribution in [0.5, 0.6) is 0 Å². The zero-order valence-corrected chi connectivity index (χ0v) is 21.9. The van der Waals surface area contributed by atoms with Crippen LogP contribution in [0.1, 0.15) is 42.9 Å². The molecule has 13 heteroatoms. The smallest absolute Gasteiger partial charge is 0.293 e. The number of methoxy groups -OCH3 is 1. The predicted octanol–water partition coefficient (Wildman–Crippen LogP) is 2.97. The van der Waals surface area contributed by atoms with E-state index in [1.54, 1.807) is 12.1 Å². The van der Waals surface area contributed by atoms with Crippen LogP contribution in [0.25, 0.3) is 0 Å². The molecule has 2 aromatic heterocycles. The molecule has 37 heavy (non-hydrogen) atoms. The van der Waals surface area contributed by atoms with Gasteiger partial charge in [-0.25, -0.2) is 13.8 Å². The number of pyridine rings is 1. The van der Waals surface area contributed by atoms with Crippen LogP contribution in [0, 0.1) is 0 Å². The maximum absolute atomic E-state index is 13.7. The third kappa shape index (κ3) is 8.99. The second-order valence-corrected chi connectivity index (χ2v) is 9.68.